The second-order valence-electron chi connectivity index (χ2n) is 6.20. The van der Waals surface area contributed by atoms with Crippen molar-refractivity contribution in [2.45, 2.75) is 18.2 Å². The van der Waals surface area contributed by atoms with Crippen LogP contribution in [0, 0.1) is 11.3 Å². The molecule has 2 amide bonds. The summed E-state index contributed by atoms with van der Waals surface area (Å²) in [5.41, 5.74) is 3.79. The maximum atomic E-state index is 11.9. The van der Waals surface area contributed by atoms with E-state index in [9.17, 15) is 9.59 Å². The number of thioether (sulfide) groups is 1. The van der Waals surface area contributed by atoms with Crippen molar-refractivity contribution in [3.05, 3.63) is 71.4 Å². The Morgan fingerprint density at radius 3 is 2.77 bits per heavy atom. The van der Waals surface area contributed by atoms with Crippen molar-refractivity contribution in [3.63, 3.8) is 0 Å². The molecule has 0 radical (unpaired) electrons. The van der Waals surface area contributed by atoms with Gasteiger partial charge in [0.1, 0.15) is 0 Å². The van der Waals surface area contributed by atoms with E-state index >= 15 is 0 Å². The highest BCUT2D eigenvalue weighted by Gasteiger charge is 2.32. The number of nitrogens with zero attached hydrogens (tertiary/aromatic N) is 2. The molecule has 0 spiro atoms. The average Bonchev–Trinajstić information content (AvgIpc) is 3.15. The molecule has 2 heterocycles. The van der Waals surface area contributed by atoms with Gasteiger partial charge in [0.2, 0.25) is 5.91 Å². The zero-order valence-electron chi connectivity index (χ0n) is 13.8. The van der Waals surface area contributed by atoms with Crippen LogP contribution in [0.2, 0.25) is 0 Å². The van der Waals surface area contributed by atoms with Crippen molar-refractivity contribution in [1.29, 1.82) is 5.26 Å². The highest BCUT2D eigenvalue weighted by atomic mass is 32.2. The zero-order chi connectivity index (χ0) is 18.1. The van der Waals surface area contributed by atoms with Crippen molar-refractivity contribution >= 4 is 33.8 Å². The minimum Gasteiger partial charge on any atom is -0.343 e. The summed E-state index contributed by atoms with van der Waals surface area (Å²) in [7, 11) is 0. The summed E-state index contributed by atoms with van der Waals surface area (Å²) in [6.07, 6.45) is 2.55. The molecule has 1 N–H and O–H groups in total. The first-order valence-corrected chi connectivity index (χ1v) is 9.09. The molecule has 1 fully saturated rings. The van der Waals surface area contributed by atoms with Gasteiger partial charge in [0.15, 0.2) is 0 Å². The number of carbonyl (C=O) groups is 2. The Kier molecular flexibility index (Phi) is 4.23. The van der Waals surface area contributed by atoms with Crippen LogP contribution < -0.4 is 5.32 Å². The van der Waals surface area contributed by atoms with Gasteiger partial charge >= 0.3 is 0 Å². The fourth-order valence-electron chi connectivity index (χ4n) is 3.28. The summed E-state index contributed by atoms with van der Waals surface area (Å²) in [5.74, 6) is -0.224. The highest BCUT2D eigenvalue weighted by molar-refractivity contribution is 8.15. The molecule has 0 aliphatic carbocycles. The second kappa shape index (κ2) is 6.70. The number of rotatable bonds is 4. The van der Waals surface area contributed by atoms with Gasteiger partial charge in [-0.15, -0.1) is 0 Å². The summed E-state index contributed by atoms with van der Waals surface area (Å²) in [5, 5.41) is 11.8. The number of hydrogen-bond donors (Lipinski definition) is 1. The van der Waals surface area contributed by atoms with Crippen LogP contribution in [0.15, 0.2) is 54.7 Å². The number of fused-ring (bicyclic) bond motifs is 1. The highest BCUT2D eigenvalue weighted by Crippen LogP contribution is 2.28. The van der Waals surface area contributed by atoms with Gasteiger partial charge < -0.3 is 4.57 Å². The van der Waals surface area contributed by atoms with Crippen LogP contribution in [0.25, 0.3) is 10.9 Å². The Morgan fingerprint density at radius 1 is 1.15 bits per heavy atom. The maximum absolute atomic E-state index is 11.9. The zero-order valence-corrected chi connectivity index (χ0v) is 14.6. The molecule has 4 rings (SSSR count). The van der Waals surface area contributed by atoms with E-state index in [-0.39, 0.29) is 16.4 Å². The van der Waals surface area contributed by atoms with E-state index in [1.54, 1.807) is 6.07 Å². The molecule has 2 aromatic carbocycles. The lowest BCUT2D eigenvalue weighted by molar-refractivity contribution is -0.118. The summed E-state index contributed by atoms with van der Waals surface area (Å²) in [4.78, 5) is 23.3. The molecule has 0 saturated carbocycles. The number of benzene rings is 2. The number of carbonyl (C=O) groups excluding carboxylic acids is 2. The Hall–Kier alpha value is -3.04. The molecule has 1 atom stereocenters. The molecule has 1 unspecified atom stereocenters. The number of nitriles is 1. The first kappa shape index (κ1) is 16.4. The topological polar surface area (TPSA) is 74.9 Å². The van der Waals surface area contributed by atoms with E-state index in [1.165, 1.54) is 0 Å². The van der Waals surface area contributed by atoms with Crippen LogP contribution in [0.5, 0.6) is 0 Å². The van der Waals surface area contributed by atoms with Crippen LogP contribution in [-0.4, -0.2) is 21.0 Å². The largest absolute Gasteiger partial charge is 0.343 e. The number of amides is 2. The van der Waals surface area contributed by atoms with Gasteiger partial charge in [0.25, 0.3) is 5.24 Å². The molecule has 128 valence electrons. The minimum absolute atomic E-state index is 0.224. The molecule has 1 saturated heterocycles. The third-order valence-electron chi connectivity index (χ3n) is 4.45. The molecule has 3 aromatic rings. The molecule has 1 aliphatic rings. The summed E-state index contributed by atoms with van der Waals surface area (Å²) >= 11 is 1.05. The van der Waals surface area contributed by atoms with Crippen LogP contribution in [0.1, 0.15) is 16.7 Å². The van der Waals surface area contributed by atoms with E-state index in [2.05, 4.69) is 16.0 Å². The van der Waals surface area contributed by atoms with Crippen molar-refractivity contribution in [2.24, 2.45) is 0 Å². The Morgan fingerprint density at radius 2 is 2.00 bits per heavy atom. The molecule has 6 heteroatoms. The Labute approximate surface area is 154 Å². The number of aromatic nitrogens is 1. The molecule has 5 nitrogen and oxygen atoms in total. The van der Waals surface area contributed by atoms with Crippen molar-refractivity contribution in [2.75, 3.05) is 0 Å². The first-order chi connectivity index (χ1) is 12.6. The first-order valence-electron chi connectivity index (χ1n) is 8.21. The van der Waals surface area contributed by atoms with E-state index < -0.39 is 0 Å². The normalized spacial score (nSPS) is 16.7. The number of imide groups is 1. The van der Waals surface area contributed by atoms with E-state index in [0.717, 1.165) is 33.8 Å². The van der Waals surface area contributed by atoms with Crippen molar-refractivity contribution in [3.8, 4) is 6.07 Å². The maximum Gasteiger partial charge on any atom is 0.286 e. The van der Waals surface area contributed by atoms with E-state index in [1.807, 2.05) is 48.7 Å². The monoisotopic (exact) mass is 361 g/mol. The number of nitrogens with one attached hydrogen (secondary N) is 1. The summed E-state index contributed by atoms with van der Waals surface area (Å²) in [6, 6.07) is 17.7. The van der Waals surface area contributed by atoms with Gasteiger partial charge in [0.05, 0.1) is 16.9 Å². The van der Waals surface area contributed by atoms with Gasteiger partial charge in [-0.05, 0) is 35.7 Å². The lowest BCUT2D eigenvalue weighted by Gasteiger charge is -2.06. The quantitative estimate of drug-likeness (QED) is 0.772. The Bertz CT molecular complexity index is 1060. The predicted octanol–water partition coefficient (Wildman–Crippen LogP) is 3.46. The summed E-state index contributed by atoms with van der Waals surface area (Å²) < 4.78 is 2.13. The third kappa shape index (κ3) is 3.09. The van der Waals surface area contributed by atoms with Crippen molar-refractivity contribution < 1.29 is 9.59 Å². The number of para-hydroxylation sites is 1. The van der Waals surface area contributed by atoms with Gasteiger partial charge in [-0.1, -0.05) is 42.1 Å². The smallest absolute Gasteiger partial charge is 0.286 e. The Balaban J connectivity index is 1.69. The summed E-state index contributed by atoms with van der Waals surface area (Å²) in [6.45, 7) is 0.638. The SMILES string of the molecule is N#Cc1cccc(Cn2cc(CC3SC(=O)NC3=O)c3ccccc32)c1. The molecular weight excluding hydrogens is 346 g/mol. The van der Waals surface area contributed by atoms with Gasteiger partial charge in [0, 0.05) is 23.6 Å². The molecule has 1 aliphatic heterocycles. The molecule has 26 heavy (non-hydrogen) atoms. The minimum atomic E-state index is -0.385. The second-order valence-corrected chi connectivity index (χ2v) is 7.37. The fraction of sp³-hybridized carbons (Fsp3) is 0.150. The predicted molar refractivity (Wildman–Crippen MR) is 101 cm³/mol. The average molecular weight is 361 g/mol. The van der Waals surface area contributed by atoms with Crippen molar-refractivity contribution in [1.82, 2.24) is 9.88 Å². The van der Waals surface area contributed by atoms with Crippen LogP contribution in [-0.2, 0) is 17.8 Å². The molecule has 1 aromatic heterocycles. The lowest BCUT2D eigenvalue weighted by atomic mass is 10.1. The van der Waals surface area contributed by atoms with Crippen LogP contribution >= 0.6 is 11.8 Å². The molecular formula is C20H15N3O2S. The van der Waals surface area contributed by atoms with E-state index in [0.29, 0.717) is 18.5 Å². The molecule has 0 bridgehead atoms. The van der Waals surface area contributed by atoms with Crippen LogP contribution in [0.3, 0.4) is 0 Å². The van der Waals surface area contributed by atoms with Gasteiger partial charge in [-0.2, -0.15) is 5.26 Å². The third-order valence-corrected chi connectivity index (χ3v) is 5.43. The van der Waals surface area contributed by atoms with Crippen LogP contribution in [0.4, 0.5) is 4.79 Å². The van der Waals surface area contributed by atoms with Gasteiger partial charge in [-0.3, -0.25) is 14.9 Å². The van der Waals surface area contributed by atoms with E-state index in [4.69, 9.17) is 5.26 Å². The fourth-order valence-corrected chi connectivity index (χ4v) is 4.13. The van der Waals surface area contributed by atoms with Gasteiger partial charge in [-0.25, -0.2) is 0 Å². The number of hydrogen-bond acceptors (Lipinski definition) is 4. The standard InChI is InChI=1S/C20H15N3O2S/c21-10-13-4-3-5-14(8-13)11-23-12-15(16-6-1-2-7-17(16)23)9-18-19(24)22-20(25)26-18/h1-8,12,18H,9,11H2,(H,22,24,25). The lowest BCUT2D eigenvalue weighted by Crippen LogP contribution is -2.25.